The Kier molecular flexibility index (Phi) is 4.38. The topological polar surface area (TPSA) is 29.3 Å². The smallest absolute Gasteiger partial charge is 0.328 e. The third-order valence-electron chi connectivity index (χ3n) is 3.32. The Morgan fingerprint density at radius 3 is 2.42 bits per heavy atom. The Balaban J connectivity index is 2.10. The summed E-state index contributed by atoms with van der Waals surface area (Å²) in [4.78, 5) is 2.11. The van der Waals surface area contributed by atoms with Gasteiger partial charge >= 0.3 is 6.18 Å². The maximum Gasteiger partial charge on any atom is 0.416 e. The van der Waals surface area contributed by atoms with E-state index < -0.39 is 11.7 Å². The Hall–Kier alpha value is -0.780. The number of nitrogens with two attached hydrogens (primary N) is 1. The number of hydrogen-bond donors (Lipinski definition) is 1. The van der Waals surface area contributed by atoms with Crippen LogP contribution >= 0.6 is 11.6 Å². The number of nitrogens with zero attached hydrogens (tertiary/aromatic N) is 1. The van der Waals surface area contributed by atoms with Gasteiger partial charge in [0.05, 0.1) is 5.56 Å². The second kappa shape index (κ2) is 5.69. The van der Waals surface area contributed by atoms with Crippen molar-refractivity contribution in [1.82, 2.24) is 4.90 Å². The summed E-state index contributed by atoms with van der Waals surface area (Å²) in [6, 6.07) is 3.92. The lowest BCUT2D eigenvalue weighted by Gasteiger charge is -2.30. The molecule has 6 heteroatoms. The van der Waals surface area contributed by atoms with Gasteiger partial charge in [0.1, 0.15) is 0 Å². The number of benzene rings is 1. The van der Waals surface area contributed by atoms with Crippen LogP contribution in [0.4, 0.5) is 13.2 Å². The first-order valence-corrected chi connectivity index (χ1v) is 6.57. The lowest BCUT2D eigenvalue weighted by Crippen LogP contribution is -2.39. The Labute approximate surface area is 115 Å². The summed E-state index contributed by atoms with van der Waals surface area (Å²) in [5, 5.41) is 0.124. The van der Waals surface area contributed by atoms with Gasteiger partial charge in [0.25, 0.3) is 0 Å². The standard InChI is InChI=1S/C13H16ClF3N2/c14-11-6-9(5-10(7-11)13(15,16)17)8-19-3-1-12(18)2-4-19/h5-7,12H,1-4,8,18H2. The average Bonchev–Trinajstić information content (AvgIpc) is 2.30. The van der Waals surface area contributed by atoms with Crippen molar-refractivity contribution in [2.45, 2.75) is 31.6 Å². The third-order valence-corrected chi connectivity index (χ3v) is 3.54. The van der Waals surface area contributed by atoms with Gasteiger partial charge in [0.2, 0.25) is 0 Å². The molecule has 1 aromatic rings. The van der Waals surface area contributed by atoms with Gasteiger partial charge in [-0.3, -0.25) is 4.90 Å². The molecule has 106 valence electrons. The molecule has 1 aliphatic rings. The summed E-state index contributed by atoms with van der Waals surface area (Å²) in [5.41, 5.74) is 5.70. The quantitative estimate of drug-likeness (QED) is 0.906. The van der Waals surface area contributed by atoms with Gasteiger partial charge < -0.3 is 5.73 Å². The lowest BCUT2D eigenvalue weighted by atomic mass is 10.0. The van der Waals surface area contributed by atoms with Crippen LogP contribution in [0.15, 0.2) is 18.2 Å². The molecule has 0 unspecified atom stereocenters. The van der Waals surface area contributed by atoms with E-state index in [0.717, 1.165) is 32.0 Å². The molecule has 2 rings (SSSR count). The molecule has 0 bridgehead atoms. The van der Waals surface area contributed by atoms with Gasteiger partial charge in [-0.15, -0.1) is 0 Å². The first kappa shape index (κ1) is 14.6. The van der Waals surface area contributed by atoms with Crippen LogP contribution < -0.4 is 5.73 Å². The van der Waals surface area contributed by atoms with E-state index in [0.29, 0.717) is 12.1 Å². The Morgan fingerprint density at radius 1 is 1.21 bits per heavy atom. The molecule has 1 aliphatic heterocycles. The highest BCUT2D eigenvalue weighted by Gasteiger charge is 2.31. The zero-order valence-corrected chi connectivity index (χ0v) is 11.1. The number of alkyl halides is 3. The van der Waals surface area contributed by atoms with Gasteiger partial charge in [0.15, 0.2) is 0 Å². The van der Waals surface area contributed by atoms with Crippen molar-refractivity contribution in [1.29, 1.82) is 0 Å². The van der Waals surface area contributed by atoms with E-state index in [4.69, 9.17) is 17.3 Å². The zero-order chi connectivity index (χ0) is 14.0. The molecule has 0 aromatic heterocycles. The van der Waals surface area contributed by atoms with E-state index >= 15 is 0 Å². The largest absolute Gasteiger partial charge is 0.416 e. The van der Waals surface area contributed by atoms with Crippen LogP contribution in [-0.2, 0) is 12.7 Å². The van der Waals surface area contributed by atoms with Crippen molar-refractivity contribution in [3.63, 3.8) is 0 Å². The van der Waals surface area contributed by atoms with Gasteiger partial charge in [-0.25, -0.2) is 0 Å². The second-order valence-electron chi connectivity index (χ2n) is 4.96. The SMILES string of the molecule is NC1CCN(Cc2cc(Cl)cc(C(F)(F)F)c2)CC1. The van der Waals surface area contributed by atoms with Gasteiger partial charge in [-0.05, 0) is 49.7 Å². The molecule has 1 saturated heterocycles. The number of likely N-dealkylation sites (tertiary alicyclic amines) is 1. The number of halogens is 4. The average molecular weight is 293 g/mol. The van der Waals surface area contributed by atoms with Crippen molar-refractivity contribution < 1.29 is 13.2 Å². The summed E-state index contributed by atoms with van der Waals surface area (Å²) >= 11 is 5.76. The molecule has 0 saturated carbocycles. The lowest BCUT2D eigenvalue weighted by molar-refractivity contribution is -0.137. The molecule has 1 fully saturated rings. The van der Waals surface area contributed by atoms with Crippen molar-refractivity contribution in [2.24, 2.45) is 5.73 Å². The van der Waals surface area contributed by atoms with Crippen LogP contribution in [0.25, 0.3) is 0 Å². The van der Waals surface area contributed by atoms with Crippen molar-refractivity contribution in [3.8, 4) is 0 Å². The van der Waals surface area contributed by atoms with Crippen LogP contribution in [0.3, 0.4) is 0 Å². The van der Waals surface area contributed by atoms with Gasteiger partial charge in [-0.2, -0.15) is 13.2 Å². The molecule has 1 heterocycles. The fraction of sp³-hybridized carbons (Fsp3) is 0.538. The molecule has 0 radical (unpaired) electrons. The minimum Gasteiger partial charge on any atom is -0.328 e. The molecular weight excluding hydrogens is 277 g/mol. The summed E-state index contributed by atoms with van der Waals surface area (Å²) in [6.07, 6.45) is -2.59. The number of piperidine rings is 1. The highest BCUT2D eigenvalue weighted by atomic mass is 35.5. The first-order chi connectivity index (χ1) is 8.84. The number of rotatable bonds is 2. The third kappa shape index (κ3) is 4.09. The van der Waals surface area contributed by atoms with E-state index in [1.807, 2.05) is 0 Å². The van der Waals surface area contributed by atoms with Crippen molar-refractivity contribution >= 4 is 11.6 Å². The van der Waals surface area contributed by atoms with Crippen LogP contribution in [0.1, 0.15) is 24.0 Å². The molecule has 0 atom stereocenters. The van der Waals surface area contributed by atoms with E-state index in [-0.39, 0.29) is 11.1 Å². The minimum absolute atomic E-state index is 0.124. The molecule has 0 spiro atoms. The summed E-state index contributed by atoms with van der Waals surface area (Å²) < 4.78 is 38.1. The molecule has 0 aliphatic carbocycles. The minimum atomic E-state index is -4.36. The monoisotopic (exact) mass is 292 g/mol. The van der Waals surface area contributed by atoms with E-state index in [1.165, 1.54) is 6.07 Å². The van der Waals surface area contributed by atoms with E-state index in [1.54, 1.807) is 6.07 Å². The fourth-order valence-corrected chi connectivity index (χ4v) is 2.53. The van der Waals surface area contributed by atoms with Crippen LogP contribution in [0, 0.1) is 0 Å². The molecular formula is C13H16ClF3N2. The normalized spacial score (nSPS) is 18.8. The predicted molar refractivity (Wildman–Crippen MR) is 68.9 cm³/mol. The molecule has 2 nitrogen and oxygen atoms in total. The van der Waals surface area contributed by atoms with Crippen LogP contribution in [0.5, 0.6) is 0 Å². The summed E-state index contributed by atoms with van der Waals surface area (Å²) in [6.45, 7) is 2.11. The zero-order valence-electron chi connectivity index (χ0n) is 10.4. The highest BCUT2D eigenvalue weighted by Crippen LogP contribution is 2.32. The van der Waals surface area contributed by atoms with E-state index in [9.17, 15) is 13.2 Å². The highest BCUT2D eigenvalue weighted by molar-refractivity contribution is 6.30. The molecule has 19 heavy (non-hydrogen) atoms. The maximum atomic E-state index is 12.7. The van der Waals surface area contributed by atoms with Crippen LogP contribution in [0.2, 0.25) is 5.02 Å². The first-order valence-electron chi connectivity index (χ1n) is 6.19. The maximum absolute atomic E-state index is 12.7. The summed E-state index contributed by atoms with van der Waals surface area (Å²) in [5.74, 6) is 0. The fourth-order valence-electron chi connectivity index (χ4n) is 2.27. The number of hydrogen-bond acceptors (Lipinski definition) is 2. The van der Waals surface area contributed by atoms with Gasteiger partial charge in [-0.1, -0.05) is 11.6 Å². The Morgan fingerprint density at radius 2 is 1.84 bits per heavy atom. The second-order valence-corrected chi connectivity index (χ2v) is 5.40. The molecule has 0 amide bonds. The summed E-state index contributed by atoms with van der Waals surface area (Å²) in [7, 11) is 0. The molecule has 2 N–H and O–H groups in total. The van der Waals surface area contributed by atoms with Crippen molar-refractivity contribution in [3.05, 3.63) is 34.3 Å². The van der Waals surface area contributed by atoms with Gasteiger partial charge in [0, 0.05) is 17.6 Å². The van der Waals surface area contributed by atoms with Crippen molar-refractivity contribution in [2.75, 3.05) is 13.1 Å². The molecule has 1 aromatic carbocycles. The van der Waals surface area contributed by atoms with Crippen LogP contribution in [-0.4, -0.2) is 24.0 Å². The van der Waals surface area contributed by atoms with E-state index in [2.05, 4.69) is 4.90 Å². The predicted octanol–water partition coefficient (Wildman–Crippen LogP) is 3.28. The Bertz CT molecular complexity index is 440.